The SMILES string of the molecule is Nc1cnc(-c2cc(Cl)c(Cl)cc2Cl)c(C(=O)O)c1. The van der Waals surface area contributed by atoms with Crippen LogP contribution in [0.5, 0.6) is 0 Å². The van der Waals surface area contributed by atoms with Gasteiger partial charge in [-0.1, -0.05) is 34.8 Å². The van der Waals surface area contributed by atoms with Crippen LogP contribution in [0.15, 0.2) is 24.4 Å². The largest absolute Gasteiger partial charge is 0.478 e. The molecule has 4 nitrogen and oxygen atoms in total. The number of hydrogen-bond donors (Lipinski definition) is 2. The van der Waals surface area contributed by atoms with Crippen molar-refractivity contribution < 1.29 is 9.90 Å². The molecule has 0 unspecified atom stereocenters. The molecule has 0 bridgehead atoms. The van der Waals surface area contributed by atoms with Crippen LogP contribution < -0.4 is 5.73 Å². The molecular formula is C12H7Cl3N2O2. The summed E-state index contributed by atoms with van der Waals surface area (Å²) >= 11 is 17.8. The predicted octanol–water partition coefficient (Wildman–Crippen LogP) is 3.99. The summed E-state index contributed by atoms with van der Waals surface area (Å²) in [5.74, 6) is -1.16. The Hall–Kier alpha value is -1.49. The highest BCUT2D eigenvalue weighted by Crippen LogP contribution is 2.36. The molecule has 0 saturated heterocycles. The van der Waals surface area contributed by atoms with Crippen LogP contribution in [0.4, 0.5) is 5.69 Å². The van der Waals surface area contributed by atoms with Gasteiger partial charge in [0, 0.05) is 5.56 Å². The Labute approximate surface area is 123 Å². The average Bonchev–Trinajstić information content (AvgIpc) is 2.34. The zero-order chi connectivity index (χ0) is 14.2. The third-order valence-electron chi connectivity index (χ3n) is 2.40. The molecule has 98 valence electrons. The summed E-state index contributed by atoms with van der Waals surface area (Å²) in [6.45, 7) is 0. The summed E-state index contributed by atoms with van der Waals surface area (Å²) in [7, 11) is 0. The van der Waals surface area contributed by atoms with Crippen LogP contribution >= 0.6 is 34.8 Å². The molecule has 0 atom stereocenters. The molecule has 7 heteroatoms. The van der Waals surface area contributed by atoms with Crippen molar-refractivity contribution in [1.29, 1.82) is 0 Å². The van der Waals surface area contributed by atoms with Gasteiger partial charge in [0.2, 0.25) is 0 Å². The van der Waals surface area contributed by atoms with Crippen molar-refractivity contribution in [1.82, 2.24) is 4.98 Å². The zero-order valence-electron chi connectivity index (χ0n) is 9.32. The zero-order valence-corrected chi connectivity index (χ0v) is 11.6. The van der Waals surface area contributed by atoms with Gasteiger partial charge in [-0.2, -0.15) is 0 Å². The molecule has 1 heterocycles. The number of halogens is 3. The van der Waals surface area contributed by atoms with Gasteiger partial charge in [0.05, 0.1) is 38.2 Å². The lowest BCUT2D eigenvalue weighted by atomic mass is 10.1. The lowest BCUT2D eigenvalue weighted by Crippen LogP contribution is -2.03. The van der Waals surface area contributed by atoms with Gasteiger partial charge in [-0.3, -0.25) is 4.98 Å². The van der Waals surface area contributed by atoms with Crippen molar-refractivity contribution in [3.05, 3.63) is 45.0 Å². The second kappa shape index (κ2) is 5.25. The van der Waals surface area contributed by atoms with Gasteiger partial charge in [-0.25, -0.2) is 4.79 Å². The Morgan fingerprint density at radius 2 is 1.74 bits per heavy atom. The molecule has 0 saturated carbocycles. The maximum absolute atomic E-state index is 11.2. The summed E-state index contributed by atoms with van der Waals surface area (Å²) in [5, 5.41) is 9.97. The predicted molar refractivity (Wildman–Crippen MR) is 76.1 cm³/mol. The topological polar surface area (TPSA) is 76.2 Å². The van der Waals surface area contributed by atoms with E-state index in [-0.39, 0.29) is 32.0 Å². The van der Waals surface area contributed by atoms with Crippen molar-refractivity contribution in [2.24, 2.45) is 0 Å². The summed E-state index contributed by atoms with van der Waals surface area (Å²) in [5.41, 5.74) is 6.29. The molecule has 0 amide bonds. The molecule has 1 aromatic heterocycles. The van der Waals surface area contributed by atoms with Gasteiger partial charge in [0.1, 0.15) is 0 Å². The third-order valence-corrected chi connectivity index (χ3v) is 3.44. The Bertz CT molecular complexity index is 674. The summed E-state index contributed by atoms with van der Waals surface area (Å²) in [6.07, 6.45) is 1.35. The molecule has 0 aliphatic rings. The minimum Gasteiger partial charge on any atom is -0.478 e. The number of hydrogen-bond acceptors (Lipinski definition) is 3. The minimum absolute atomic E-state index is 0.0553. The summed E-state index contributed by atoms with van der Waals surface area (Å²) in [6, 6.07) is 4.21. The van der Waals surface area contributed by atoms with Crippen LogP contribution in [-0.2, 0) is 0 Å². The fourth-order valence-corrected chi connectivity index (χ4v) is 2.20. The summed E-state index contributed by atoms with van der Waals surface area (Å²) in [4.78, 5) is 15.2. The number of carboxylic acids is 1. The lowest BCUT2D eigenvalue weighted by molar-refractivity contribution is 0.0697. The van der Waals surface area contributed by atoms with Gasteiger partial charge < -0.3 is 10.8 Å². The number of aromatic carboxylic acids is 1. The van der Waals surface area contributed by atoms with E-state index >= 15 is 0 Å². The highest BCUT2D eigenvalue weighted by atomic mass is 35.5. The van der Waals surface area contributed by atoms with Crippen LogP contribution in [0.25, 0.3) is 11.3 Å². The van der Waals surface area contributed by atoms with E-state index in [0.717, 1.165) is 0 Å². The standard InChI is InChI=1S/C12H7Cl3N2O2/c13-8-3-10(15)9(14)2-6(8)11-7(12(18)19)1-5(16)4-17-11/h1-4H,16H2,(H,18,19). The smallest absolute Gasteiger partial charge is 0.337 e. The van der Waals surface area contributed by atoms with E-state index in [1.807, 2.05) is 0 Å². The van der Waals surface area contributed by atoms with E-state index in [9.17, 15) is 4.79 Å². The second-order valence-electron chi connectivity index (χ2n) is 3.72. The van der Waals surface area contributed by atoms with Crippen LogP contribution in [0.2, 0.25) is 15.1 Å². The van der Waals surface area contributed by atoms with Gasteiger partial charge in [-0.15, -0.1) is 0 Å². The molecule has 0 radical (unpaired) electrons. The molecule has 0 fully saturated rings. The average molecular weight is 318 g/mol. The number of aromatic nitrogens is 1. The van der Waals surface area contributed by atoms with E-state index in [4.69, 9.17) is 45.6 Å². The van der Waals surface area contributed by atoms with Crippen molar-refractivity contribution in [3.8, 4) is 11.3 Å². The quantitative estimate of drug-likeness (QED) is 0.821. The summed E-state index contributed by atoms with van der Waals surface area (Å²) < 4.78 is 0. The first-order valence-electron chi connectivity index (χ1n) is 5.04. The minimum atomic E-state index is -1.16. The number of anilines is 1. The van der Waals surface area contributed by atoms with Crippen molar-refractivity contribution >= 4 is 46.5 Å². The molecule has 0 spiro atoms. The molecular weight excluding hydrogens is 311 g/mol. The molecule has 19 heavy (non-hydrogen) atoms. The molecule has 0 aliphatic heterocycles. The number of rotatable bonds is 2. The second-order valence-corrected chi connectivity index (χ2v) is 4.94. The fourth-order valence-electron chi connectivity index (χ4n) is 1.56. The van der Waals surface area contributed by atoms with E-state index in [1.54, 1.807) is 0 Å². The maximum Gasteiger partial charge on any atom is 0.337 e. The van der Waals surface area contributed by atoms with Crippen molar-refractivity contribution in [3.63, 3.8) is 0 Å². The van der Waals surface area contributed by atoms with Gasteiger partial charge >= 0.3 is 5.97 Å². The van der Waals surface area contributed by atoms with Crippen LogP contribution in [0.1, 0.15) is 10.4 Å². The van der Waals surface area contributed by atoms with Crippen LogP contribution in [0.3, 0.4) is 0 Å². The van der Waals surface area contributed by atoms with Gasteiger partial charge in [0.15, 0.2) is 0 Å². The van der Waals surface area contributed by atoms with E-state index in [1.165, 1.54) is 24.4 Å². The van der Waals surface area contributed by atoms with Gasteiger partial charge in [0.25, 0.3) is 0 Å². The molecule has 0 aliphatic carbocycles. The lowest BCUT2D eigenvalue weighted by Gasteiger charge is -2.09. The molecule has 3 N–H and O–H groups in total. The molecule has 2 rings (SSSR count). The first-order valence-corrected chi connectivity index (χ1v) is 6.17. The normalized spacial score (nSPS) is 10.5. The highest BCUT2D eigenvalue weighted by Gasteiger charge is 2.17. The Balaban J connectivity index is 2.72. The Kier molecular flexibility index (Phi) is 3.85. The van der Waals surface area contributed by atoms with Crippen molar-refractivity contribution in [2.45, 2.75) is 0 Å². The number of nitrogen functional groups attached to an aromatic ring is 1. The van der Waals surface area contributed by atoms with Crippen LogP contribution in [-0.4, -0.2) is 16.1 Å². The number of nitrogens with two attached hydrogens (primary N) is 1. The number of nitrogens with zero attached hydrogens (tertiary/aromatic N) is 1. The van der Waals surface area contributed by atoms with Gasteiger partial charge in [-0.05, 0) is 18.2 Å². The van der Waals surface area contributed by atoms with Crippen LogP contribution in [0, 0.1) is 0 Å². The Morgan fingerprint density at radius 3 is 2.37 bits per heavy atom. The van der Waals surface area contributed by atoms with E-state index in [2.05, 4.69) is 4.98 Å². The maximum atomic E-state index is 11.2. The number of benzene rings is 1. The monoisotopic (exact) mass is 316 g/mol. The number of pyridine rings is 1. The fraction of sp³-hybridized carbons (Fsp3) is 0. The van der Waals surface area contributed by atoms with Crippen molar-refractivity contribution in [2.75, 3.05) is 5.73 Å². The third kappa shape index (κ3) is 2.76. The molecule has 1 aromatic carbocycles. The number of carboxylic acid groups (broad SMARTS) is 1. The first kappa shape index (κ1) is 13.9. The van der Waals surface area contributed by atoms with E-state index < -0.39 is 5.97 Å². The number of carbonyl (C=O) groups is 1. The molecule has 2 aromatic rings. The highest BCUT2D eigenvalue weighted by molar-refractivity contribution is 6.44. The first-order chi connectivity index (χ1) is 8.90. The Morgan fingerprint density at radius 1 is 1.11 bits per heavy atom. The van der Waals surface area contributed by atoms with E-state index in [0.29, 0.717) is 5.56 Å².